The minimum absolute atomic E-state index is 0.0333. The number of carbonyl (C=O) groups is 2. The van der Waals surface area contributed by atoms with E-state index >= 15 is 0 Å². The van der Waals surface area contributed by atoms with Crippen molar-refractivity contribution in [3.63, 3.8) is 0 Å². The van der Waals surface area contributed by atoms with Gasteiger partial charge in [0.25, 0.3) is 0 Å². The van der Waals surface area contributed by atoms with Gasteiger partial charge in [-0.15, -0.1) is 0 Å². The molecule has 2 saturated carbocycles. The first-order valence-corrected chi connectivity index (χ1v) is 9.59. The van der Waals surface area contributed by atoms with Crippen LogP contribution in [0, 0.1) is 22.7 Å². The summed E-state index contributed by atoms with van der Waals surface area (Å²) in [5.74, 6) is 0.512. The fraction of sp³-hybridized carbons (Fsp3) is 0.800. The van der Waals surface area contributed by atoms with Gasteiger partial charge >= 0.3 is 11.9 Å². The molecule has 5 aliphatic rings. The molecular weight excluding hydrogens is 320 g/mol. The van der Waals surface area contributed by atoms with Crippen LogP contribution in [0.15, 0.2) is 11.6 Å². The Morgan fingerprint density at radius 1 is 1.20 bits per heavy atom. The Kier molecular flexibility index (Phi) is 2.96. The van der Waals surface area contributed by atoms with Crippen LogP contribution in [-0.4, -0.2) is 36.4 Å². The van der Waals surface area contributed by atoms with E-state index in [0.717, 1.165) is 37.7 Å². The van der Waals surface area contributed by atoms with E-state index in [9.17, 15) is 9.59 Å². The summed E-state index contributed by atoms with van der Waals surface area (Å²) in [5.41, 5.74) is -0.0512. The molecule has 5 rings (SSSR count). The van der Waals surface area contributed by atoms with E-state index in [1.165, 1.54) is 0 Å². The molecule has 7 atom stereocenters. The number of hydrogen-bond acceptors (Lipinski definition) is 5. The lowest BCUT2D eigenvalue weighted by Gasteiger charge is -2.58. The number of esters is 2. The molecular formula is C20H26O5. The fourth-order valence-electron chi connectivity index (χ4n) is 6.67. The first-order chi connectivity index (χ1) is 11.8. The zero-order valence-electron chi connectivity index (χ0n) is 15.2. The molecule has 3 heterocycles. The summed E-state index contributed by atoms with van der Waals surface area (Å²) in [4.78, 5) is 24.4. The van der Waals surface area contributed by atoms with E-state index in [4.69, 9.17) is 14.2 Å². The van der Waals surface area contributed by atoms with Gasteiger partial charge in [-0.25, -0.2) is 9.59 Å². The van der Waals surface area contributed by atoms with Crippen molar-refractivity contribution in [2.45, 2.75) is 70.7 Å². The summed E-state index contributed by atoms with van der Waals surface area (Å²) in [6, 6.07) is 0. The van der Waals surface area contributed by atoms with Crippen molar-refractivity contribution in [3.05, 3.63) is 11.6 Å². The zero-order chi connectivity index (χ0) is 17.6. The van der Waals surface area contributed by atoms with Crippen LogP contribution < -0.4 is 0 Å². The maximum atomic E-state index is 12.6. The van der Waals surface area contributed by atoms with Crippen LogP contribution in [0.4, 0.5) is 0 Å². The molecule has 0 aromatic carbocycles. The molecule has 0 N–H and O–H groups in total. The number of ether oxygens (including phenoxy) is 3. The molecule has 0 aromatic rings. The number of carbonyl (C=O) groups excluding carboxylic acids is 2. The number of rotatable bonds is 3. The van der Waals surface area contributed by atoms with Crippen molar-refractivity contribution in [2.24, 2.45) is 22.7 Å². The summed E-state index contributed by atoms with van der Waals surface area (Å²) in [6.07, 6.45) is 6.52. The third kappa shape index (κ3) is 1.69. The van der Waals surface area contributed by atoms with Gasteiger partial charge in [0.2, 0.25) is 5.60 Å². The SMILES string of the molecule is C[C@H]1C[C@H]2OC(=O)[C@@]34O[C@@H]3CC[C@@H]([C@]1(C)CCC1=CCOC1=O)[C@@]24C. The Morgan fingerprint density at radius 3 is 2.72 bits per heavy atom. The van der Waals surface area contributed by atoms with Crippen LogP contribution in [0.1, 0.15) is 52.9 Å². The molecule has 5 heteroatoms. The summed E-state index contributed by atoms with van der Waals surface area (Å²) in [5, 5.41) is 0. The van der Waals surface area contributed by atoms with Crippen LogP contribution in [-0.2, 0) is 23.8 Å². The van der Waals surface area contributed by atoms with Crippen molar-refractivity contribution < 1.29 is 23.8 Å². The normalized spacial score (nSPS) is 52.8. The van der Waals surface area contributed by atoms with Crippen LogP contribution in [0.2, 0.25) is 0 Å². The van der Waals surface area contributed by atoms with Crippen molar-refractivity contribution in [2.75, 3.05) is 6.61 Å². The highest BCUT2D eigenvalue weighted by Crippen LogP contribution is 2.73. The van der Waals surface area contributed by atoms with E-state index in [-0.39, 0.29) is 35.0 Å². The number of epoxide rings is 1. The molecule has 4 fully saturated rings. The highest BCUT2D eigenvalue weighted by Gasteiger charge is 2.85. The van der Waals surface area contributed by atoms with Crippen LogP contribution in [0.5, 0.6) is 0 Å². The smallest absolute Gasteiger partial charge is 0.342 e. The number of cyclic esters (lactones) is 1. The summed E-state index contributed by atoms with van der Waals surface area (Å²) in [7, 11) is 0. The second kappa shape index (κ2) is 4.67. The highest BCUT2D eigenvalue weighted by atomic mass is 16.7. The molecule has 5 nitrogen and oxygen atoms in total. The van der Waals surface area contributed by atoms with Gasteiger partial charge in [-0.1, -0.05) is 20.8 Å². The van der Waals surface area contributed by atoms with Gasteiger partial charge in [0.1, 0.15) is 12.7 Å². The van der Waals surface area contributed by atoms with E-state index in [1.54, 1.807) is 0 Å². The van der Waals surface area contributed by atoms with Crippen molar-refractivity contribution in [1.29, 1.82) is 0 Å². The molecule has 3 aliphatic heterocycles. The van der Waals surface area contributed by atoms with Gasteiger partial charge in [0.05, 0.1) is 11.5 Å². The van der Waals surface area contributed by atoms with Crippen molar-refractivity contribution in [1.82, 2.24) is 0 Å². The second-order valence-electron chi connectivity index (χ2n) is 9.12. The summed E-state index contributed by atoms with van der Waals surface area (Å²) < 4.78 is 16.9. The molecule has 136 valence electrons. The minimum atomic E-state index is -0.687. The molecule has 0 aromatic heterocycles. The molecule has 0 unspecified atom stereocenters. The third-order valence-electron chi connectivity index (χ3n) is 8.42. The molecule has 0 amide bonds. The summed E-state index contributed by atoms with van der Waals surface area (Å²) in [6.45, 7) is 7.26. The first kappa shape index (κ1) is 15.9. The van der Waals surface area contributed by atoms with Crippen LogP contribution in [0.25, 0.3) is 0 Å². The van der Waals surface area contributed by atoms with Crippen molar-refractivity contribution >= 4 is 11.9 Å². The van der Waals surface area contributed by atoms with E-state index in [0.29, 0.717) is 18.4 Å². The molecule has 1 spiro atoms. The summed E-state index contributed by atoms with van der Waals surface area (Å²) >= 11 is 0. The maximum Gasteiger partial charge on any atom is 0.342 e. The Morgan fingerprint density at radius 2 is 2.00 bits per heavy atom. The average Bonchev–Trinajstić information content (AvgIpc) is 3.14. The molecule has 25 heavy (non-hydrogen) atoms. The van der Waals surface area contributed by atoms with Gasteiger partial charge in [-0.2, -0.15) is 0 Å². The van der Waals surface area contributed by atoms with Crippen LogP contribution >= 0.6 is 0 Å². The quantitative estimate of drug-likeness (QED) is 0.581. The van der Waals surface area contributed by atoms with Gasteiger partial charge in [0.15, 0.2) is 0 Å². The molecule has 2 aliphatic carbocycles. The van der Waals surface area contributed by atoms with Gasteiger partial charge < -0.3 is 14.2 Å². The largest absolute Gasteiger partial charge is 0.459 e. The van der Waals surface area contributed by atoms with Gasteiger partial charge in [0, 0.05) is 5.57 Å². The first-order valence-electron chi connectivity index (χ1n) is 9.59. The molecule has 0 radical (unpaired) electrons. The van der Waals surface area contributed by atoms with Gasteiger partial charge in [-0.05, 0) is 55.4 Å². The predicted octanol–water partition coefficient (Wildman–Crippen LogP) is 2.78. The Labute approximate surface area is 148 Å². The third-order valence-corrected chi connectivity index (χ3v) is 8.42. The van der Waals surface area contributed by atoms with Crippen LogP contribution in [0.3, 0.4) is 0 Å². The van der Waals surface area contributed by atoms with Crippen molar-refractivity contribution in [3.8, 4) is 0 Å². The standard InChI is InChI=1S/C20H26O5/c1-11-10-15-19(3)13(4-5-14-20(19,25-14)17(22)24-15)18(11,2)8-6-12-7-9-23-16(12)21/h7,11,13-15H,4-6,8-10H2,1-3H3/t11-,13-,14+,15+,18+,19-,20-/m0/s1. The topological polar surface area (TPSA) is 65.1 Å². The predicted molar refractivity (Wildman–Crippen MR) is 88.5 cm³/mol. The second-order valence-corrected chi connectivity index (χ2v) is 9.12. The zero-order valence-corrected chi connectivity index (χ0v) is 15.2. The lowest BCUT2D eigenvalue weighted by atomic mass is 9.44. The molecule has 2 saturated heterocycles. The number of hydrogen-bond donors (Lipinski definition) is 0. The Bertz CT molecular complexity index is 698. The van der Waals surface area contributed by atoms with Gasteiger partial charge in [-0.3, -0.25) is 0 Å². The average molecular weight is 346 g/mol. The Hall–Kier alpha value is -1.36. The van der Waals surface area contributed by atoms with E-state index in [1.807, 2.05) is 6.08 Å². The lowest BCUT2D eigenvalue weighted by Crippen LogP contribution is -2.60. The lowest BCUT2D eigenvalue weighted by molar-refractivity contribution is -0.149. The molecule has 0 bridgehead atoms. The van der Waals surface area contributed by atoms with E-state index < -0.39 is 5.60 Å². The maximum absolute atomic E-state index is 12.6. The minimum Gasteiger partial charge on any atom is -0.459 e. The monoisotopic (exact) mass is 346 g/mol. The highest BCUT2D eigenvalue weighted by molar-refractivity contribution is 5.90. The fourth-order valence-corrected chi connectivity index (χ4v) is 6.67. The van der Waals surface area contributed by atoms with E-state index in [2.05, 4.69) is 20.8 Å². The Balaban J connectivity index is 1.48.